The Morgan fingerprint density at radius 1 is 1.45 bits per heavy atom. The molecule has 1 nitrogen and oxygen atoms in total. The van der Waals surface area contributed by atoms with Gasteiger partial charge in [-0.05, 0) is 36.2 Å². The summed E-state index contributed by atoms with van der Waals surface area (Å²) in [6, 6.07) is 2.10. The van der Waals surface area contributed by atoms with Gasteiger partial charge in [0.05, 0.1) is 5.35 Å². The molecule has 0 N–H and O–H groups in total. The van der Waals surface area contributed by atoms with Crippen molar-refractivity contribution in [3.8, 4) is 0 Å². The lowest BCUT2D eigenvalue weighted by Gasteiger charge is -1.92. The van der Waals surface area contributed by atoms with Gasteiger partial charge in [0, 0.05) is 15.9 Å². The van der Waals surface area contributed by atoms with E-state index in [1.807, 2.05) is 6.20 Å². The highest BCUT2D eigenvalue weighted by molar-refractivity contribution is 14.2. The van der Waals surface area contributed by atoms with E-state index >= 15 is 0 Å². The fraction of sp³-hybridized carbons (Fsp3) is 0. The van der Waals surface area contributed by atoms with Crippen molar-refractivity contribution >= 4 is 50.8 Å². The fourth-order valence-corrected chi connectivity index (χ4v) is 2.90. The van der Waals surface area contributed by atoms with Crippen molar-refractivity contribution in [1.82, 2.24) is 4.98 Å². The summed E-state index contributed by atoms with van der Waals surface area (Å²) in [6.07, 6.45) is 4.00. The van der Waals surface area contributed by atoms with Crippen molar-refractivity contribution in [3.05, 3.63) is 27.3 Å². The normalized spacial score (nSPS) is 13.9. The quantitative estimate of drug-likeness (QED) is 0.653. The van der Waals surface area contributed by atoms with Gasteiger partial charge in [0.15, 0.2) is 0 Å². The second-order valence-corrected chi connectivity index (χ2v) is 5.13. The third kappa shape index (κ3) is 1.59. The number of fused-ring (bicyclic) bond motifs is 1. The predicted octanol–water partition coefficient (Wildman–Crippen LogP) is 1.15. The van der Waals surface area contributed by atoms with E-state index in [0.29, 0.717) is 0 Å². The summed E-state index contributed by atoms with van der Waals surface area (Å²) in [4.78, 5) is 4.29. The van der Waals surface area contributed by atoms with Gasteiger partial charge in [-0.15, -0.1) is 0 Å². The summed E-state index contributed by atoms with van der Waals surface area (Å²) in [5, 5.41) is 2.37. The molecule has 0 fully saturated rings. The Kier molecular flexibility index (Phi) is 2.18. The van der Waals surface area contributed by atoms with Gasteiger partial charge >= 0.3 is 0 Å². The van der Waals surface area contributed by atoms with E-state index in [4.69, 9.17) is 0 Å². The smallest absolute Gasteiger partial charge is 0.0759 e. The first kappa shape index (κ1) is 7.61. The molecular weight excluding hydrogens is 317 g/mol. The number of hydrogen-bond acceptors (Lipinski definition) is 1. The molecule has 0 atom stereocenters. The number of rotatable bonds is 0. The second-order valence-electron chi connectivity index (χ2n) is 2.16. The van der Waals surface area contributed by atoms with Gasteiger partial charge in [-0.3, -0.25) is 4.98 Å². The molecule has 0 amide bonds. The van der Waals surface area contributed by atoms with Crippen LogP contribution in [0.1, 0.15) is 0 Å². The SMILES string of the molecule is Brc1cnc2c(c1)=CC=IC=2. The van der Waals surface area contributed by atoms with Crippen LogP contribution in [-0.2, 0) is 0 Å². The van der Waals surface area contributed by atoms with Gasteiger partial charge < -0.3 is 0 Å². The van der Waals surface area contributed by atoms with Crippen LogP contribution in [0, 0.1) is 0 Å². The van der Waals surface area contributed by atoms with Crippen molar-refractivity contribution in [2.24, 2.45) is 0 Å². The molecule has 11 heavy (non-hydrogen) atoms. The Bertz CT molecular complexity index is 422. The molecule has 2 heterocycles. The number of nitrogens with zero attached hydrogens (tertiary/aromatic N) is 1. The van der Waals surface area contributed by atoms with Crippen LogP contribution in [0.2, 0.25) is 0 Å². The van der Waals surface area contributed by atoms with E-state index in [-0.39, 0.29) is 20.7 Å². The van der Waals surface area contributed by atoms with Crippen molar-refractivity contribution in [1.29, 1.82) is 0 Å². The lowest BCUT2D eigenvalue weighted by atomic mass is 10.3. The van der Waals surface area contributed by atoms with Gasteiger partial charge in [0.2, 0.25) is 0 Å². The maximum atomic E-state index is 4.29. The second kappa shape index (κ2) is 3.15. The largest absolute Gasteiger partial charge is 0.255 e. The van der Waals surface area contributed by atoms with Crippen molar-refractivity contribution < 1.29 is 0 Å². The molecule has 0 spiro atoms. The molecule has 2 rings (SSSR count). The van der Waals surface area contributed by atoms with E-state index in [0.717, 1.165) is 9.82 Å². The first-order valence-corrected chi connectivity index (χ1v) is 6.42. The fourth-order valence-electron chi connectivity index (χ4n) is 0.890. The molecule has 1 aliphatic rings. The zero-order valence-corrected chi connectivity index (χ0v) is 9.33. The Morgan fingerprint density at radius 3 is 3.27 bits per heavy atom. The molecule has 1 aromatic rings. The highest BCUT2D eigenvalue weighted by atomic mass is 127. The van der Waals surface area contributed by atoms with E-state index in [9.17, 15) is 0 Å². The van der Waals surface area contributed by atoms with Gasteiger partial charge in [-0.25, -0.2) is 0 Å². The Hall–Kier alpha value is -0.0300. The minimum atomic E-state index is 0.132. The zero-order valence-electron chi connectivity index (χ0n) is 5.59. The third-order valence-electron chi connectivity index (χ3n) is 1.40. The molecule has 0 saturated heterocycles. The van der Waals surface area contributed by atoms with Crippen LogP contribution >= 0.6 is 36.7 Å². The van der Waals surface area contributed by atoms with Crippen LogP contribution in [0.3, 0.4) is 0 Å². The molecule has 1 aliphatic heterocycles. The summed E-state index contributed by atoms with van der Waals surface area (Å²) >= 11 is 3.52. The number of pyridine rings is 1. The first-order valence-electron chi connectivity index (χ1n) is 3.13. The summed E-state index contributed by atoms with van der Waals surface area (Å²) in [5.41, 5.74) is 0. The Morgan fingerprint density at radius 2 is 2.36 bits per heavy atom. The van der Waals surface area contributed by atoms with Gasteiger partial charge in [0.1, 0.15) is 0 Å². The van der Waals surface area contributed by atoms with E-state index in [2.05, 4.69) is 41.2 Å². The maximum absolute atomic E-state index is 4.29. The maximum Gasteiger partial charge on any atom is 0.0759 e. The molecular formula is C8H5BrIN. The molecule has 0 unspecified atom stereocenters. The third-order valence-corrected chi connectivity index (χ3v) is 3.56. The number of hydrogen-bond donors (Lipinski definition) is 0. The van der Waals surface area contributed by atoms with Crippen molar-refractivity contribution in [2.45, 2.75) is 0 Å². The minimum absolute atomic E-state index is 0.132. The first-order chi connectivity index (χ1) is 5.36. The molecule has 0 aromatic carbocycles. The lowest BCUT2D eigenvalue weighted by Crippen LogP contribution is -2.28. The van der Waals surface area contributed by atoms with Gasteiger partial charge in [-0.2, -0.15) is 0 Å². The lowest BCUT2D eigenvalue weighted by molar-refractivity contribution is 1.21. The highest BCUT2D eigenvalue weighted by Crippen LogP contribution is 2.02. The Balaban J connectivity index is 2.86. The van der Waals surface area contributed by atoms with Crippen LogP contribution in [-0.4, -0.2) is 9.00 Å². The molecule has 56 valence electrons. The van der Waals surface area contributed by atoms with Gasteiger partial charge in [0.25, 0.3) is 0 Å². The van der Waals surface area contributed by atoms with E-state index < -0.39 is 0 Å². The van der Waals surface area contributed by atoms with Crippen molar-refractivity contribution in [3.63, 3.8) is 0 Å². The molecule has 1 aromatic heterocycles. The predicted molar refractivity (Wildman–Crippen MR) is 60.2 cm³/mol. The van der Waals surface area contributed by atoms with E-state index in [1.54, 1.807) is 0 Å². The standard InChI is InChI=1S/C8H5BrIN/c9-7-3-6-1-2-10-4-8(6)11-5-7/h1-5H. The average molecular weight is 322 g/mol. The molecule has 0 bridgehead atoms. The van der Waals surface area contributed by atoms with Crippen LogP contribution in [0.5, 0.6) is 0 Å². The summed E-state index contributed by atoms with van der Waals surface area (Å²) < 4.78 is 5.53. The summed E-state index contributed by atoms with van der Waals surface area (Å²) in [7, 11) is 0. The topological polar surface area (TPSA) is 12.9 Å². The average Bonchev–Trinajstić information content (AvgIpc) is 2.04. The summed E-state index contributed by atoms with van der Waals surface area (Å²) in [6.45, 7) is 0. The van der Waals surface area contributed by atoms with Gasteiger partial charge in [-0.1, -0.05) is 20.7 Å². The monoisotopic (exact) mass is 321 g/mol. The molecule has 0 aliphatic carbocycles. The number of aromatic nitrogens is 1. The van der Waals surface area contributed by atoms with Crippen LogP contribution in [0.15, 0.2) is 16.7 Å². The summed E-state index contributed by atoms with van der Waals surface area (Å²) in [5.74, 6) is 0. The molecule has 0 saturated carbocycles. The van der Waals surface area contributed by atoms with Crippen LogP contribution < -0.4 is 10.6 Å². The van der Waals surface area contributed by atoms with Crippen LogP contribution in [0.25, 0.3) is 10.2 Å². The highest BCUT2D eigenvalue weighted by Gasteiger charge is 1.90. The van der Waals surface area contributed by atoms with E-state index in [1.165, 1.54) is 5.22 Å². The Labute approximate surface area is 82.7 Å². The number of halogens is 2. The zero-order chi connectivity index (χ0) is 7.68. The molecule has 3 heteroatoms. The van der Waals surface area contributed by atoms with Crippen molar-refractivity contribution in [2.75, 3.05) is 0 Å². The minimum Gasteiger partial charge on any atom is -0.255 e. The van der Waals surface area contributed by atoms with Crippen LogP contribution in [0.4, 0.5) is 0 Å². The molecule has 0 radical (unpaired) electrons.